The van der Waals surface area contributed by atoms with Crippen molar-refractivity contribution in [2.45, 2.75) is 33.1 Å². The third-order valence-corrected chi connectivity index (χ3v) is 2.89. The van der Waals surface area contributed by atoms with E-state index in [4.69, 9.17) is 0 Å². The topological polar surface area (TPSA) is 29.1 Å². The Labute approximate surface area is 85.9 Å². The zero-order chi connectivity index (χ0) is 10.1. The Kier molecular flexibility index (Phi) is 8.30. The van der Waals surface area contributed by atoms with Gasteiger partial charge in [0.05, 0.1) is 0 Å². The van der Waals surface area contributed by atoms with E-state index >= 15 is 0 Å². The summed E-state index contributed by atoms with van der Waals surface area (Å²) in [5.74, 6) is 1.77. The SMILES string of the molecule is CCC(CC)CNC(=O)CCSC. The molecule has 0 fully saturated rings. The van der Waals surface area contributed by atoms with Gasteiger partial charge in [-0.05, 0) is 12.2 Å². The Morgan fingerprint density at radius 3 is 2.46 bits per heavy atom. The van der Waals surface area contributed by atoms with Crippen molar-refractivity contribution in [3.63, 3.8) is 0 Å². The summed E-state index contributed by atoms with van der Waals surface area (Å²) in [6, 6.07) is 0. The van der Waals surface area contributed by atoms with Crippen LogP contribution >= 0.6 is 11.8 Å². The Hall–Kier alpha value is -0.180. The summed E-state index contributed by atoms with van der Waals surface area (Å²) in [6.07, 6.45) is 4.98. The maximum absolute atomic E-state index is 11.2. The molecule has 0 radical (unpaired) electrons. The van der Waals surface area contributed by atoms with E-state index in [0.29, 0.717) is 12.3 Å². The predicted molar refractivity (Wildman–Crippen MR) is 60.1 cm³/mol. The lowest BCUT2D eigenvalue weighted by atomic mass is 10.0. The molecular formula is C10H21NOS. The molecule has 0 spiro atoms. The fourth-order valence-electron chi connectivity index (χ4n) is 1.12. The summed E-state index contributed by atoms with van der Waals surface area (Å²) in [5.41, 5.74) is 0. The Balaban J connectivity index is 3.44. The van der Waals surface area contributed by atoms with Crippen LogP contribution in [0.3, 0.4) is 0 Å². The van der Waals surface area contributed by atoms with Gasteiger partial charge in [-0.25, -0.2) is 0 Å². The zero-order valence-electron chi connectivity index (χ0n) is 8.93. The van der Waals surface area contributed by atoms with Crippen molar-refractivity contribution in [1.29, 1.82) is 0 Å². The third-order valence-electron chi connectivity index (χ3n) is 2.28. The fourth-order valence-corrected chi connectivity index (χ4v) is 1.51. The molecule has 78 valence electrons. The molecule has 2 nitrogen and oxygen atoms in total. The van der Waals surface area contributed by atoms with Gasteiger partial charge in [0.25, 0.3) is 0 Å². The number of hydrogen-bond acceptors (Lipinski definition) is 2. The summed E-state index contributed by atoms with van der Waals surface area (Å²) in [4.78, 5) is 11.2. The second-order valence-corrected chi connectivity index (χ2v) is 4.21. The summed E-state index contributed by atoms with van der Waals surface area (Å²) in [6.45, 7) is 5.19. The van der Waals surface area contributed by atoms with Gasteiger partial charge in [-0.15, -0.1) is 0 Å². The van der Waals surface area contributed by atoms with Crippen molar-refractivity contribution in [3.05, 3.63) is 0 Å². The van der Waals surface area contributed by atoms with E-state index in [9.17, 15) is 4.79 Å². The van der Waals surface area contributed by atoms with E-state index in [2.05, 4.69) is 19.2 Å². The van der Waals surface area contributed by atoms with Crippen LogP contribution in [0.1, 0.15) is 33.1 Å². The van der Waals surface area contributed by atoms with Crippen LogP contribution in [-0.2, 0) is 4.79 Å². The minimum atomic E-state index is 0.196. The van der Waals surface area contributed by atoms with Gasteiger partial charge in [0, 0.05) is 18.7 Å². The van der Waals surface area contributed by atoms with Gasteiger partial charge in [-0.3, -0.25) is 4.79 Å². The molecule has 1 N–H and O–H groups in total. The van der Waals surface area contributed by atoms with Gasteiger partial charge in [0.2, 0.25) is 5.91 Å². The monoisotopic (exact) mass is 203 g/mol. The first-order valence-electron chi connectivity index (χ1n) is 5.00. The van der Waals surface area contributed by atoms with Gasteiger partial charge in [-0.1, -0.05) is 26.7 Å². The van der Waals surface area contributed by atoms with Crippen molar-refractivity contribution in [2.24, 2.45) is 5.92 Å². The number of thioether (sulfide) groups is 1. The van der Waals surface area contributed by atoms with Gasteiger partial charge < -0.3 is 5.32 Å². The van der Waals surface area contributed by atoms with E-state index in [1.54, 1.807) is 11.8 Å². The van der Waals surface area contributed by atoms with Gasteiger partial charge in [0.1, 0.15) is 0 Å². The Bertz CT molecular complexity index is 135. The van der Waals surface area contributed by atoms with Gasteiger partial charge in [0.15, 0.2) is 0 Å². The molecule has 0 rings (SSSR count). The second kappa shape index (κ2) is 8.42. The second-order valence-electron chi connectivity index (χ2n) is 3.23. The lowest BCUT2D eigenvalue weighted by molar-refractivity contribution is -0.120. The number of carbonyl (C=O) groups is 1. The molecule has 0 aliphatic rings. The number of carbonyl (C=O) groups excluding carboxylic acids is 1. The fraction of sp³-hybridized carbons (Fsp3) is 0.900. The molecule has 0 aliphatic carbocycles. The molecule has 13 heavy (non-hydrogen) atoms. The third kappa shape index (κ3) is 6.94. The van der Waals surface area contributed by atoms with Crippen molar-refractivity contribution >= 4 is 17.7 Å². The smallest absolute Gasteiger partial charge is 0.220 e. The molecule has 0 aliphatic heterocycles. The summed E-state index contributed by atoms with van der Waals surface area (Å²) >= 11 is 1.71. The molecule has 0 aromatic heterocycles. The highest BCUT2D eigenvalue weighted by molar-refractivity contribution is 7.98. The zero-order valence-corrected chi connectivity index (χ0v) is 9.75. The number of rotatable bonds is 7. The van der Waals surface area contributed by atoms with Crippen LogP contribution in [0, 0.1) is 5.92 Å². The van der Waals surface area contributed by atoms with E-state index in [1.807, 2.05) is 6.26 Å². The van der Waals surface area contributed by atoms with E-state index < -0.39 is 0 Å². The molecule has 1 amide bonds. The lowest BCUT2D eigenvalue weighted by Crippen LogP contribution is -2.29. The maximum Gasteiger partial charge on any atom is 0.220 e. The van der Waals surface area contributed by atoms with Crippen LogP contribution in [0.5, 0.6) is 0 Å². The Morgan fingerprint density at radius 1 is 1.38 bits per heavy atom. The van der Waals surface area contributed by atoms with E-state index in [0.717, 1.165) is 25.1 Å². The van der Waals surface area contributed by atoms with Crippen LogP contribution < -0.4 is 5.32 Å². The molecule has 0 heterocycles. The lowest BCUT2D eigenvalue weighted by Gasteiger charge is -2.12. The standard InChI is InChI=1S/C10H21NOS/c1-4-9(5-2)8-11-10(12)6-7-13-3/h9H,4-8H2,1-3H3,(H,11,12). The first-order valence-corrected chi connectivity index (χ1v) is 6.39. The molecule has 3 heteroatoms. The van der Waals surface area contributed by atoms with E-state index in [1.165, 1.54) is 0 Å². The minimum absolute atomic E-state index is 0.196. The molecule has 0 atom stereocenters. The Morgan fingerprint density at radius 2 is 2.00 bits per heavy atom. The molecule has 0 bridgehead atoms. The van der Waals surface area contributed by atoms with Gasteiger partial charge >= 0.3 is 0 Å². The van der Waals surface area contributed by atoms with Crippen molar-refractivity contribution in [3.8, 4) is 0 Å². The number of nitrogens with one attached hydrogen (secondary N) is 1. The molecule has 0 aromatic rings. The highest BCUT2D eigenvalue weighted by Gasteiger charge is 2.05. The highest BCUT2D eigenvalue weighted by Crippen LogP contribution is 2.05. The highest BCUT2D eigenvalue weighted by atomic mass is 32.2. The average molecular weight is 203 g/mol. The van der Waals surface area contributed by atoms with Crippen molar-refractivity contribution in [1.82, 2.24) is 5.32 Å². The molecule has 0 saturated heterocycles. The average Bonchev–Trinajstić information content (AvgIpc) is 2.16. The molecule has 0 unspecified atom stereocenters. The summed E-state index contributed by atoms with van der Waals surface area (Å²) in [7, 11) is 0. The summed E-state index contributed by atoms with van der Waals surface area (Å²) in [5, 5.41) is 2.97. The summed E-state index contributed by atoms with van der Waals surface area (Å²) < 4.78 is 0. The van der Waals surface area contributed by atoms with E-state index in [-0.39, 0.29) is 5.91 Å². The van der Waals surface area contributed by atoms with Gasteiger partial charge in [-0.2, -0.15) is 11.8 Å². The largest absolute Gasteiger partial charge is 0.356 e. The number of hydrogen-bond donors (Lipinski definition) is 1. The normalized spacial score (nSPS) is 10.5. The molecule has 0 saturated carbocycles. The predicted octanol–water partition coefficient (Wildman–Crippen LogP) is 2.29. The van der Waals surface area contributed by atoms with Crippen molar-refractivity contribution in [2.75, 3.05) is 18.6 Å². The minimum Gasteiger partial charge on any atom is -0.356 e. The van der Waals surface area contributed by atoms with Crippen LogP contribution in [0.15, 0.2) is 0 Å². The first kappa shape index (κ1) is 12.8. The quantitative estimate of drug-likeness (QED) is 0.688. The molecule has 0 aromatic carbocycles. The maximum atomic E-state index is 11.2. The first-order chi connectivity index (χ1) is 6.24. The van der Waals surface area contributed by atoms with Crippen molar-refractivity contribution < 1.29 is 4.79 Å². The number of amides is 1. The van der Waals surface area contributed by atoms with Crippen LogP contribution in [0.2, 0.25) is 0 Å². The molecular weight excluding hydrogens is 182 g/mol. The van der Waals surface area contributed by atoms with Crippen LogP contribution in [-0.4, -0.2) is 24.5 Å². The van der Waals surface area contributed by atoms with Crippen LogP contribution in [0.25, 0.3) is 0 Å². The van der Waals surface area contributed by atoms with Crippen LogP contribution in [0.4, 0.5) is 0 Å².